The topological polar surface area (TPSA) is 436 Å². The maximum Gasteiger partial charge on any atom is 0.373 e. The Labute approximate surface area is 721 Å². The number of ketones is 3. The van der Waals surface area contributed by atoms with E-state index in [1.54, 1.807) is 18.2 Å². The molecular weight excluding hydrogens is 1610 g/mol. The maximum absolute atomic E-state index is 11.6. The third kappa shape index (κ3) is 50.5. The molecule has 0 spiro atoms. The number of hydrogen-bond acceptors (Lipinski definition) is 27. The van der Waals surface area contributed by atoms with Gasteiger partial charge in [0.1, 0.15) is 46.0 Å². The van der Waals surface area contributed by atoms with Crippen molar-refractivity contribution in [2.45, 2.75) is 170 Å². The van der Waals surface area contributed by atoms with Crippen LogP contribution in [0.2, 0.25) is 0 Å². The van der Waals surface area contributed by atoms with E-state index in [1.807, 2.05) is 121 Å². The first-order chi connectivity index (χ1) is 59.2. The van der Waals surface area contributed by atoms with Crippen LogP contribution in [0.4, 0.5) is 0 Å². The molecule has 660 valence electrons. The molecule has 12 rings (SSSR count). The van der Waals surface area contributed by atoms with Gasteiger partial charge in [0, 0.05) is 44.5 Å². The Morgan fingerprint density at radius 3 is 1.00 bits per heavy atom. The van der Waals surface area contributed by atoms with Crippen LogP contribution in [0.25, 0.3) is 0 Å². The van der Waals surface area contributed by atoms with Gasteiger partial charge < -0.3 is 53.6 Å². The van der Waals surface area contributed by atoms with Gasteiger partial charge in [-0.25, -0.2) is 0 Å². The molecule has 29 heteroatoms. The lowest BCUT2D eigenvalue weighted by molar-refractivity contribution is -0.193. The van der Waals surface area contributed by atoms with Gasteiger partial charge in [0.05, 0.1) is 75.8 Å². The van der Waals surface area contributed by atoms with Crippen molar-refractivity contribution in [2.24, 2.45) is 0 Å². The number of aliphatic carboxylic acids is 1. The molecule has 8 aromatic rings. The third-order valence-corrected chi connectivity index (χ3v) is 17.6. The number of aliphatic hydroxyl groups is 2. The Bertz CT molecular complexity index is 4330. The van der Waals surface area contributed by atoms with Crippen LogP contribution in [-0.4, -0.2) is 145 Å². The number of aryl methyl sites for hydroxylation is 7. The molecule has 0 unspecified atom stereocenters. The molecule has 0 saturated carbocycles. The van der Waals surface area contributed by atoms with Crippen molar-refractivity contribution in [3.05, 3.63) is 237 Å². The molecule has 4 aliphatic heterocycles. The first-order valence-corrected chi connectivity index (χ1v) is 39.7. The van der Waals surface area contributed by atoms with Gasteiger partial charge in [-0.05, 0) is 210 Å². The fraction of sp³-hybridized carbons (Fsp3) is 0.372. The highest BCUT2D eigenvalue weighted by molar-refractivity contribution is 6.63. The van der Waals surface area contributed by atoms with Gasteiger partial charge in [0.15, 0.2) is 17.3 Å². The number of carbonyl (C=O) groups excluding carboxylic acids is 16. The van der Waals surface area contributed by atoms with Crippen molar-refractivity contribution in [1.82, 2.24) is 0 Å². The van der Waals surface area contributed by atoms with Crippen LogP contribution in [-0.2, 0) is 124 Å². The lowest BCUT2D eigenvalue weighted by atomic mass is 9.79. The van der Waals surface area contributed by atoms with Crippen molar-refractivity contribution in [3.8, 4) is 46.0 Å². The zero-order valence-electron chi connectivity index (χ0n) is 70.8. The van der Waals surface area contributed by atoms with Crippen molar-refractivity contribution >= 4 is 77.1 Å². The molecule has 4 aliphatic rings. The van der Waals surface area contributed by atoms with E-state index in [4.69, 9.17) is 123 Å². The maximum atomic E-state index is 11.6. The normalized spacial score (nSPS) is 11.4. The number of ether oxygens (including phenoxy) is 7. The number of hydrogen-bond donors (Lipinski definition) is 4. The molecule has 8 aromatic carbocycles. The summed E-state index contributed by atoms with van der Waals surface area (Å²) in [6.07, 6.45) is 13.9. The third-order valence-electron chi connectivity index (χ3n) is 17.4. The summed E-state index contributed by atoms with van der Waals surface area (Å²) in [5, 5.41) is 34.2. The minimum Gasteiger partial charge on any atom is -0.508 e. The van der Waals surface area contributed by atoms with Crippen LogP contribution in [0.3, 0.4) is 0 Å². The summed E-state index contributed by atoms with van der Waals surface area (Å²) in [5.41, 5.74) is 13.7. The molecule has 123 heavy (non-hydrogen) atoms. The van der Waals surface area contributed by atoms with Gasteiger partial charge in [0.25, 0.3) is 0 Å². The summed E-state index contributed by atoms with van der Waals surface area (Å²) in [4.78, 5) is 153. The van der Waals surface area contributed by atoms with E-state index in [0.717, 1.165) is 116 Å². The van der Waals surface area contributed by atoms with Gasteiger partial charge in [-0.15, -0.1) is 0 Å². The molecule has 0 aromatic heterocycles. The summed E-state index contributed by atoms with van der Waals surface area (Å²) in [7, 11) is 0. The van der Waals surface area contributed by atoms with Gasteiger partial charge in [-0.3, -0.25) is 24.0 Å². The van der Waals surface area contributed by atoms with E-state index >= 15 is 0 Å². The molecule has 0 atom stereocenters. The number of phenolic OH excluding ortho intramolecular Hbond substituents is 1. The van der Waals surface area contributed by atoms with E-state index in [1.165, 1.54) is 44.5 Å². The molecule has 0 fully saturated rings. The number of fused-ring (bicyclic) bond motifs is 4. The molecule has 4 heterocycles. The summed E-state index contributed by atoms with van der Waals surface area (Å²) < 4.78 is 37.7. The first-order valence-electron chi connectivity index (χ1n) is 39.3. The lowest BCUT2D eigenvalue weighted by Gasteiger charge is -2.32. The monoisotopic (exact) mass is 1720 g/mol. The van der Waals surface area contributed by atoms with Crippen LogP contribution >= 0.6 is 11.6 Å². The zero-order chi connectivity index (χ0) is 92.6. The minimum atomic E-state index is -0.838. The Morgan fingerprint density at radius 1 is 0.382 bits per heavy atom. The predicted octanol–water partition coefficient (Wildman–Crippen LogP) is 14.7. The number of carbonyl (C=O) groups is 5. The highest BCUT2D eigenvalue weighted by Gasteiger charge is 2.29. The number of benzene rings is 8. The number of aromatic hydroxyl groups is 1. The SMILES string of the molecule is CCCc1ccc2c(c1)C(=O)CCO2.CCc1ccc(O)cc1.CCc1ccc(OCCC(=O)Cl)cc1.CCc1ccc(OCCC(=O)O)cc1.CCc1ccc(OCCCO)cc1.CCc1ccc2c(c1)C(=O)CCO2.CCc1ccc2c(c1)C(C)(C)CCO2.O=C1CCOc2ccc(CCO)cc21.O=C=O.O=C=O.O=C=O.O=C=O.O=C=O.O=C=O. The molecule has 0 bridgehead atoms. The number of rotatable bonds is 22. The molecule has 4 N–H and O–H groups in total. The number of carboxylic acid groups (broad SMARTS) is 1. The van der Waals surface area contributed by atoms with Gasteiger partial charge in [-0.1, -0.05) is 148 Å². The molecule has 28 nitrogen and oxygen atoms in total. The average molecular weight is 1720 g/mol. The smallest absolute Gasteiger partial charge is 0.373 e. The van der Waals surface area contributed by atoms with Crippen LogP contribution in [0.5, 0.6) is 46.0 Å². The second kappa shape index (κ2) is 70.6. The van der Waals surface area contributed by atoms with Crippen molar-refractivity contribution in [1.29, 1.82) is 0 Å². The quantitative estimate of drug-likeness (QED) is 0.0361. The number of carboxylic acids is 1. The standard InChI is InChI=1S/C13H18O.C12H14O2.C11H13ClO2.C11H12O3.C11H14O3.C11H12O2.C11H16O2.C8H10O.6CO2/c1-4-10-5-6-12-11(9-10)13(2,3)7-8-14-12;1-2-3-9-4-5-12-10(8-9)11(13)6-7-14-12;1-2-9-3-5-10(6-4-9)14-8-7-11(12)13;12-5-3-8-1-2-11-9(7-8)10(13)4-6-14-11;1-2-9-3-5-10(6-4-9)14-8-7-11(12)13;1-2-8-3-4-11-9(7-8)10(12)5-6-13-11;1-2-10-4-6-11(7-5-10)13-9-3-8-12;1-2-7-3-5-8(9)6-4-7;6*2-1-3/h5-6,9H,4,7-8H2,1-3H3;4-5,8H,2-3,6-7H2,1H3;3-6H,2,7-8H2,1H3;1-2,7,12H,3-6H2;3-6H,2,7-8H2,1H3,(H,12,13);3-4,7H,2,5-6H2,1H3;4-7,12H,2-3,8-9H2,1H3;3-6,9H,2H2,1H3;;;;;;. The van der Waals surface area contributed by atoms with Gasteiger partial charge in [-0.2, -0.15) is 57.5 Å². The van der Waals surface area contributed by atoms with Crippen molar-refractivity contribution in [3.63, 3.8) is 0 Å². The lowest BCUT2D eigenvalue weighted by Crippen LogP contribution is -2.26. The van der Waals surface area contributed by atoms with E-state index in [9.17, 15) is 24.0 Å². The zero-order valence-corrected chi connectivity index (χ0v) is 71.6. The number of aliphatic hydroxyl groups excluding tert-OH is 2. The second-order valence-corrected chi connectivity index (χ2v) is 26.6. The summed E-state index contributed by atoms with van der Waals surface area (Å²) in [6.45, 7) is 23.2. The Hall–Kier alpha value is -13.2. The fourth-order valence-electron chi connectivity index (χ4n) is 10.8. The Morgan fingerprint density at radius 2 is 0.675 bits per heavy atom. The van der Waals surface area contributed by atoms with Gasteiger partial charge in [0.2, 0.25) is 5.24 Å². The van der Waals surface area contributed by atoms with Crippen LogP contribution in [0, 0.1) is 0 Å². The van der Waals surface area contributed by atoms with Crippen molar-refractivity contribution in [2.75, 3.05) is 59.5 Å². The highest BCUT2D eigenvalue weighted by Crippen LogP contribution is 2.39. The first kappa shape index (κ1) is 112. The van der Waals surface area contributed by atoms with Crippen LogP contribution in [0.15, 0.2) is 170 Å². The number of Topliss-reactive ketones (excluding diaryl/α,β-unsaturated/α-hetero) is 3. The van der Waals surface area contributed by atoms with E-state index in [0.29, 0.717) is 82.2 Å². The number of phenols is 1. The van der Waals surface area contributed by atoms with Crippen LogP contribution < -0.4 is 33.2 Å². The molecule has 0 radical (unpaired) electrons. The summed E-state index contributed by atoms with van der Waals surface area (Å²) in [6, 6.07) is 54.7. The van der Waals surface area contributed by atoms with Gasteiger partial charge >= 0.3 is 42.9 Å². The molecule has 0 saturated heterocycles. The Kier molecular flexibility index (Phi) is 64.2. The summed E-state index contributed by atoms with van der Waals surface area (Å²) >= 11 is 5.17. The second-order valence-electron chi connectivity index (χ2n) is 26.2. The highest BCUT2D eigenvalue weighted by atomic mass is 35.5. The van der Waals surface area contributed by atoms with E-state index in [2.05, 4.69) is 92.6 Å². The number of halogens is 1. The predicted molar refractivity (Wildman–Crippen MR) is 447 cm³/mol. The summed E-state index contributed by atoms with van der Waals surface area (Å²) in [5.74, 6) is 5.68. The molecule has 0 aliphatic carbocycles. The van der Waals surface area contributed by atoms with Crippen LogP contribution in [0.1, 0.15) is 195 Å². The van der Waals surface area contributed by atoms with Crippen molar-refractivity contribution < 1.29 is 135 Å². The average Bonchev–Trinajstić information content (AvgIpc) is 0.939. The fourth-order valence-corrected chi connectivity index (χ4v) is 10.9. The van der Waals surface area contributed by atoms with E-state index in [-0.39, 0.29) is 97.6 Å². The van der Waals surface area contributed by atoms with E-state index < -0.39 is 5.97 Å². The Balaban J connectivity index is 0. The minimum absolute atomic E-state index is 0.0372. The molecule has 0 amide bonds. The molecular formula is C94H109ClO28. The largest absolute Gasteiger partial charge is 0.508 e.